The third-order valence-corrected chi connectivity index (χ3v) is 3.24. The predicted octanol–water partition coefficient (Wildman–Crippen LogP) is 1.20. The molecule has 80 valence electrons. The van der Waals surface area contributed by atoms with Gasteiger partial charge in [0.05, 0.1) is 19.8 Å². The summed E-state index contributed by atoms with van der Waals surface area (Å²) in [5, 5.41) is 0. The van der Waals surface area contributed by atoms with Crippen LogP contribution in [-0.2, 0) is 15.1 Å². The van der Waals surface area contributed by atoms with Crippen LogP contribution in [0.2, 0.25) is 0 Å². The highest BCUT2D eigenvalue weighted by Gasteiger charge is 2.51. The van der Waals surface area contributed by atoms with Crippen molar-refractivity contribution in [1.82, 2.24) is 5.48 Å². The van der Waals surface area contributed by atoms with Crippen molar-refractivity contribution in [3.05, 3.63) is 35.6 Å². The van der Waals surface area contributed by atoms with E-state index >= 15 is 0 Å². The van der Waals surface area contributed by atoms with Crippen molar-refractivity contribution in [3.8, 4) is 0 Å². The Hall–Kier alpha value is -0.970. The summed E-state index contributed by atoms with van der Waals surface area (Å²) in [5.74, 6) is 0.000370. The number of hydrogen-bond donors (Lipinski definition) is 1. The first-order chi connectivity index (χ1) is 7.33. The maximum absolute atomic E-state index is 13.7. The third kappa shape index (κ3) is 1.22. The molecule has 2 aliphatic rings. The quantitative estimate of drug-likeness (QED) is 0.754. The van der Waals surface area contributed by atoms with Crippen LogP contribution in [0.25, 0.3) is 0 Å². The summed E-state index contributed by atoms with van der Waals surface area (Å²) in [6, 6.07) is 6.79. The zero-order chi connectivity index (χ0) is 10.3. The monoisotopic (exact) mass is 209 g/mol. The Morgan fingerprint density at radius 3 is 3.07 bits per heavy atom. The van der Waals surface area contributed by atoms with Crippen LogP contribution in [0.1, 0.15) is 5.56 Å². The first-order valence-corrected chi connectivity index (χ1v) is 5.05. The molecule has 0 amide bonds. The third-order valence-electron chi connectivity index (χ3n) is 3.24. The molecule has 4 heteroatoms. The van der Waals surface area contributed by atoms with Crippen LogP contribution < -0.4 is 5.48 Å². The van der Waals surface area contributed by atoms with Gasteiger partial charge in [0.1, 0.15) is 11.4 Å². The molecule has 1 N–H and O–H groups in total. The summed E-state index contributed by atoms with van der Waals surface area (Å²) in [5.41, 5.74) is 3.09. The van der Waals surface area contributed by atoms with Crippen LogP contribution in [0.15, 0.2) is 24.3 Å². The van der Waals surface area contributed by atoms with Gasteiger partial charge in [-0.05, 0) is 6.07 Å². The van der Waals surface area contributed by atoms with Crippen LogP contribution in [0.4, 0.5) is 4.39 Å². The summed E-state index contributed by atoms with van der Waals surface area (Å²) in [6.07, 6.45) is 0. The highest BCUT2D eigenvalue weighted by molar-refractivity contribution is 5.29. The van der Waals surface area contributed by atoms with E-state index in [1.807, 2.05) is 6.07 Å². The average molecular weight is 209 g/mol. The molecule has 2 fully saturated rings. The van der Waals surface area contributed by atoms with E-state index in [-0.39, 0.29) is 11.7 Å². The summed E-state index contributed by atoms with van der Waals surface area (Å²) in [7, 11) is 0. The Morgan fingerprint density at radius 1 is 1.33 bits per heavy atom. The topological polar surface area (TPSA) is 30.5 Å². The Kier molecular flexibility index (Phi) is 2.02. The molecule has 0 bridgehead atoms. The molecule has 3 nitrogen and oxygen atoms in total. The molecule has 2 atom stereocenters. The van der Waals surface area contributed by atoms with Gasteiger partial charge in [-0.25, -0.2) is 4.39 Å². The zero-order valence-electron chi connectivity index (χ0n) is 8.20. The van der Waals surface area contributed by atoms with Gasteiger partial charge in [-0.1, -0.05) is 18.2 Å². The number of fused-ring (bicyclic) bond motifs is 1. The van der Waals surface area contributed by atoms with Gasteiger partial charge >= 0.3 is 0 Å². The lowest BCUT2D eigenvalue weighted by Crippen LogP contribution is -2.42. The van der Waals surface area contributed by atoms with Crippen molar-refractivity contribution < 1.29 is 14.0 Å². The van der Waals surface area contributed by atoms with E-state index in [0.717, 1.165) is 0 Å². The minimum atomic E-state index is -0.481. The number of ether oxygens (including phenoxy) is 1. The fourth-order valence-electron chi connectivity index (χ4n) is 2.37. The van der Waals surface area contributed by atoms with Gasteiger partial charge in [0.15, 0.2) is 0 Å². The van der Waals surface area contributed by atoms with E-state index in [4.69, 9.17) is 9.57 Å². The van der Waals surface area contributed by atoms with E-state index in [9.17, 15) is 4.39 Å². The molecule has 2 saturated heterocycles. The molecular weight excluding hydrogens is 197 g/mol. The van der Waals surface area contributed by atoms with E-state index in [1.165, 1.54) is 6.07 Å². The largest absolute Gasteiger partial charge is 0.379 e. The van der Waals surface area contributed by atoms with E-state index in [2.05, 4.69) is 5.48 Å². The normalized spacial score (nSPS) is 34.3. The lowest BCUT2D eigenvalue weighted by atomic mass is 9.82. The smallest absolute Gasteiger partial charge is 0.128 e. The minimum Gasteiger partial charge on any atom is -0.379 e. The molecule has 0 spiro atoms. The fourth-order valence-corrected chi connectivity index (χ4v) is 2.37. The maximum Gasteiger partial charge on any atom is 0.128 e. The number of hydrogen-bond acceptors (Lipinski definition) is 3. The number of benzene rings is 1. The molecule has 2 heterocycles. The number of halogens is 1. The average Bonchev–Trinajstić information content (AvgIpc) is 2.77. The number of nitrogens with one attached hydrogen (secondary N) is 1. The van der Waals surface area contributed by atoms with Crippen LogP contribution in [0.3, 0.4) is 0 Å². The highest BCUT2D eigenvalue weighted by atomic mass is 19.1. The van der Waals surface area contributed by atoms with Crippen molar-refractivity contribution in [2.45, 2.75) is 5.54 Å². The molecule has 0 saturated carbocycles. The molecule has 1 unspecified atom stereocenters. The van der Waals surface area contributed by atoms with Crippen molar-refractivity contribution in [3.63, 3.8) is 0 Å². The summed E-state index contributed by atoms with van der Waals surface area (Å²) < 4.78 is 19.1. The highest BCUT2D eigenvalue weighted by Crippen LogP contribution is 2.40. The summed E-state index contributed by atoms with van der Waals surface area (Å²) >= 11 is 0. The second-order valence-electron chi connectivity index (χ2n) is 4.08. The summed E-state index contributed by atoms with van der Waals surface area (Å²) in [4.78, 5) is 5.23. The Bertz CT molecular complexity index is 373. The first kappa shape index (κ1) is 9.27. The maximum atomic E-state index is 13.7. The standard InChI is InChI=1S/C11H12FNO2/c12-10-4-2-1-3-9(10)11-7-14-5-8(11)6-15-13-11/h1-4,8,13H,5-7H2/t8-,11?/m1/s1. The molecule has 2 aliphatic heterocycles. The second kappa shape index (κ2) is 3.27. The van der Waals surface area contributed by atoms with Gasteiger partial charge in [0.25, 0.3) is 0 Å². The van der Waals surface area contributed by atoms with Gasteiger partial charge in [-0.15, -0.1) is 0 Å². The molecule has 1 aromatic rings. The van der Waals surface area contributed by atoms with Gasteiger partial charge in [-0.3, -0.25) is 0 Å². The van der Waals surface area contributed by atoms with Crippen LogP contribution >= 0.6 is 0 Å². The molecular formula is C11H12FNO2. The molecule has 1 aromatic carbocycles. The molecule has 0 radical (unpaired) electrons. The van der Waals surface area contributed by atoms with Gasteiger partial charge in [-0.2, -0.15) is 5.48 Å². The molecule has 15 heavy (non-hydrogen) atoms. The van der Waals surface area contributed by atoms with Crippen molar-refractivity contribution in [2.24, 2.45) is 5.92 Å². The predicted molar refractivity (Wildman–Crippen MR) is 51.5 cm³/mol. The summed E-state index contributed by atoms with van der Waals surface area (Å²) in [6.45, 7) is 1.67. The van der Waals surface area contributed by atoms with Crippen molar-refractivity contribution in [2.75, 3.05) is 19.8 Å². The lowest BCUT2D eigenvalue weighted by Gasteiger charge is -2.26. The molecule has 0 aromatic heterocycles. The number of rotatable bonds is 1. The van der Waals surface area contributed by atoms with Gasteiger partial charge in [0.2, 0.25) is 0 Å². The first-order valence-electron chi connectivity index (χ1n) is 5.05. The molecule has 3 rings (SSSR count). The second-order valence-corrected chi connectivity index (χ2v) is 4.08. The Morgan fingerprint density at radius 2 is 2.20 bits per heavy atom. The van der Waals surface area contributed by atoms with E-state index in [0.29, 0.717) is 25.4 Å². The fraction of sp³-hybridized carbons (Fsp3) is 0.455. The van der Waals surface area contributed by atoms with Crippen molar-refractivity contribution >= 4 is 0 Å². The van der Waals surface area contributed by atoms with E-state index in [1.54, 1.807) is 12.1 Å². The zero-order valence-corrected chi connectivity index (χ0v) is 8.20. The van der Waals surface area contributed by atoms with Crippen molar-refractivity contribution in [1.29, 1.82) is 0 Å². The lowest BCUT2D eigenvalue weighted by molar-refractivity contribution is 0.0242. The Balaban J connectivity index is 2.08. The van der Waals surface area contributed by atoms with Crippen LogP contribution in [-0.4, -0.2) is 19.8 Å². The van der Waals surface area contributed by atoms with Crippen LogP contribution in [0.5, 0.6) is 0 Å². The Labute approximate surface area is 87.1 Å². The minimum absolute atomic E-state index is 0.203. The van der Waals surface area contributed by atoms with E-state index < -0.39 is 5.54 Å². The van der Waals surface area contributed by atoms with Crippen LogP contribution in [0, 0.1) is 11.7 Å². The van der Waals surface area contributed by atoms with Gasteiger partial charge in [0, 0.05) is 11.5 Å². The SMILES string of the molecule is Fc1ccccc1C12COC[C@@H]1CON2. The molecule has 0 aliphatic carbocycles. The number of hydroxylamine groups is 1. The van der Waals surface area contributed by atoms with Gasteiger partial charge < -0.3 is 9.57 Å².